The minimum Gasteiger partial charge on any atom is -0.352 e. The van der Waals surface area contributed by atoms with E-state index in [2.05, 4.69) is 0 Å². The van der Waals surface area contributed by atoms with Crippen LogP contribution in [0.5, 0.6) is 0 Å². The first kappa shape index (κ1) is 7.98. The van der Waals surface area contributed by atoms with Crippen LogP contribution in [0.4, 0.5) is 4.39 Å². The fourth-order valence-corrected chi connectivity index (χ4v) is 0.937. The van der Waals surface area contributed by atoms with Crippen LogP contribution < -0.4 is 5.43 Å². The topological polar surface area (TPSA) is 22.0 Å². The van der Waals surface area contributed by atoms with Crippen LogP contribution in [-0.4, -0.2) is 4.57 Å². The molecule has 0 fully saturated rings. The van der Waals surface area contributed by atoms with E-state index < -0.39 is 6.67 Å². The van der Waals surface area contributed by atoms with E-state index in [0.29, 0.717) is 11.3 Å². The summed E-state index contributed by atoms with van der Waals surface area (Å²) in [7, 11) is 1.72. The van der Waals surface area contributed by atoms with Crippen LogP contribution in [0.3, 0.4) is 0 Å². The van der Waals surface area contributed by atoms with Crippen LogP contribution in [-0.2, 0) is 13.7 Å². The minimum atomic E-state index is -0.591. The van der Waals surface area contributed by atoms with Crippen molar-refractivity contribution in [1.82, 2.24) is 4.57 Å². The molecule has 11 heavy (non-hydrogen) atoms. The summed E-state index contributed by atoms with van der Waals surface area (Å²) in [4.78, 5) is 11.0. The zero-order valence-electron chi connectivity index (χ0n) is 6.60. The van der Waals surface area contributed by atoms with Crippen LogP contribution in [0.25, 0.3) is 0 Å². The number of rotatable bonds is 1. The zero-order valence-corrected chi connectivity index (χ0v) is 6.60. The van der Waals surface area contributed by atoms with Crippen LogP contribution in [0.1, 0.15) is 11.3 Å². The number of aromatic nitrogens is 1. The molecule has 3 heteroatoms. The number of alkyl halides is 1. The molecule has 0 saturated carbocycles. The van der Waals surface area contributed by atoms with Gasteiger partial charge in [0, 0.05) is 24.9 Å². The Morgan fingerprint density at radius 2 is 2.27 bits per heavy atom. The lowest BCUT2D eigenvalue weighted by Crippen LogP contribution is -2.11. The van der Waals surface area contributed by atoms with Gasteiger partial charge in [-0.25, -0.2) is 4.39 Å². The lowest BCUT2D eigenvalue weighted by atomic mass is 10.2. The highest BCUT2D eigenvalue weighted by Crippen LogP contribution is 1.98. The lowest BCUT2D eigenvalue weighted by Gasteiger charge is -2.04. The van der Waals surface area contributed by atoms with Gasteiger partial charge in [0.15, 0.2) is 5.43 Å². The molecule has 1 rings (SSSR count). The summed E-state index contributed by atoms with van der Waals surface area (Å²) in [5.74, 6) is 0. The van der Waals surface area contributed by atoms with Crippen molar-refractivity contribution in [3.05, 3.63) is 33.7 Å². The predicted octanol–water partition coefficient (Wildman–Crippen LogP) is 1.16. The molecule has 0 aliphatic carbocycles. The van der Waals surface area contributed by atoms with Crippen LogP contribution >= 0.6 is 0 Å². The molecule has 0 aliphatic rings. The molecular formula is C8H10FNO. The molecule has 0 aliphatic heterocycles. The molecule has 1 aromatic rings. The zero-order chi connectivity index (χ0) is 8.43. The summed E-state index contributed by atoms with van der Waals surface area (Å²) in [6, 6.07) is 1.33. The molecule has 0 aromatic carbocycles. The molecule has 1 aromatic heterocycles. The quantitative estimate of drug-likeness (QED) is 0.596. The number of pyridine rings is 1. The Labute approximate surface area is 64.3 Å². The fourth-order valence-electron chi connectivity index (χ4n) is 0.937. The first-order chi connectivity index (χ1) is 5.15. The minimum absolute atomic E-state index is 0.101. The van der Waals surface area contributed by atoms with Crippen LogP contribution in [0.2, 0.25) is 0 Å². The summed E-state index contributed by atoms with van der Waals surface area (Å²) in [5, 5.41) is 0. The third-order valence-corrected chi connectivity index (χ3v) is 1.66. The molecule has 0 radical (unpaired) electrons. The van der Waals surface area contributed by atoms with Crippen LogP contribution in [0.15, 0.2) is 17.1 Å². The van der Waals surface area contributed by atoms with Crippen molar-refractivity contribution in [2.75, 3.05) is 0 Å². The Morgan fingerprint density at radius 3 is 2.82 bits per heavy atom. The van der Waals surface area contributed by atoms with Gasteiger partial charge in [0.25, 0.3) is 0 Å². The van der Waals surface area contributed by atoms with E-state index in [9.17, 15) is 9.18 Å². The normalized spacial score (nSPS) is 10.1. The standard InChI is InChI=1S/C8H10FNO/c1-6-5-10(2)7(4-9)3-8(6)11/h3,5H,4H2,1-2H3. The second-order valence-corrected chi connectivity index (χ2v) is 2.56. The largest absolute Gasteiger partial charge is 0.352 e. The highest BCUT2D eigenvalue weighted by atomic mass is 19.1. The average molecular weight is 155 g/mol. The molecule has 0 N–H and O–H groups in total. The first-order valence-electron chi connectivity index (χ1n) is 3.37. The molecule has 0 amide bonds. The lowest BCUT2D eigenvalue weighted by molar-refractivity contribution is 0.462. The van der Waals surface area contributed by atoms with E-state index in [1.165, 1.54) is 6.07 Å². The van der Waals surface area contributed by atoms with E-state index in [1.54, 1.807) is 24.7 Å². The average Bonchev–Trinajstić information content (AvgIpc) is 1.97. The first-order valence-corrected chi connectivity index (χ1v) is 3.37. The highest BCUT2D eigenvalue weighted by Gasteiger charge is 1.98. The van der Waals surface area contributed by atoms with Crippen molar-refractivity contribution >= 4 is 0 Å². The number of halogens is 1. The number of nitrogens with zero attached hydrogens (tertiary/aromatic N) is 1. The Morgan fingerprint density at radius 1 is 1.64 bits per heavy atom. The maximum atomic E-state index is 12.1. The Balaban J connectivity index is 3.32. The molecule has 0 atom stereocenters. The Kier molecular flexibility index (Phi) is 2.08. The van der Waals surface area contributed by atoms with E-state index in [4.69, 9.17) is 0 Å². The molecule has 0 bridgehead atoms. The molecular weight excluding hydrogens is 145 g/mol. The third-order valence-electron chi connectivity index (χ3n) is 1.66. The summed E-state index contributed by atoms with van der Waals surface area (Å²) >= 11 is 0. The van der Waals surface area contributed by atoms with Gasteiger partial charge in [0.05, 0.1) is 5.69 Å². The Hall–Kier alpha value is -1.12. The summed E-state index contributed by atoms with van der Waals surface area (Å²) in [5.41, 5.74) is 0.959. The highest BCUT2D eigenvalue weighted by molar-refractivity contribution is 5.13. The number of hydrogen-bond acceptors (Lipinski definition) is 1. The van der Waals surface area contributed by atoms with Gasteiger partial charge in [-0.05, 0) is 6.92 Å². The van der Waals surface area contributed by atoms with Crippen molar-refractivity contribution < 1.29 is 4.39 Å². The summed E-state index contributed by atoms with van der Waals surface area (Å²) in [6.07, 6.45) is 1.64. The molecule has 0 unspecified atom stereocenters. The monoisotopic (exact) mass is 155 g/mol. The van der Waals surface area contributed by atoms with Crippen molar-refractivity contribution in [1.29, 1.82) is 0 Å². The summed E-state index contributed by atoms with van der Waals surface area (Å²) in [6.45, 7) is 1.12. The third kappa shape index (κ3) is 1.48. The van der Waals surface area contributed by atoms with Crippen molar-refractivity contribution in [2.45, 2.75) is 13.6 Å². The van der Waals surface area contributed by atoms with Gasteiger partial charge in [-0.3, -0.25) is 4.79 Å². The van der Waals surface area contributed by atoms with E-state index >= 15 is 0 Å². The SMILES string of the molecule is Cc1cn(C)c(CF)cc1=O. The molecule has 2 nitrogen and oxygen atoms in total. The second kappa shape index (κ2) is 2.86. The predicted molar refractivity (Wildman–Crippen MR) is 41.2 cm³/mol. The molecule has 1 heterocycles. The molecule has 0 saturated heterocycles. The van der Waals surface area contributed by atoms with E-state index in [0.717, 1.165) is 0 Å². The number of aryl methyl sites for hydroxylation is 2. The van der Waals surface area contributed by atoms with Gasteiger partial charge < -0.3 is 4.57 Å². The van der Waals surface area contributed by atoms with E-state index in [1.807, 2.05) is 0 Å². The van der Waals surface area contributed by atoms with Gasteiger partial charge in [-0.2, -0.15) is 0 Å². The fraction of sp³-hybridized carbons (Fsp3) is 0.375. The maximum absolute atomic E-state index is 12.1. The number of hydrogen-bond donors (Lipinski definition) is 0. The second-order valence-electron chi connectivity index (χ2n) is 2.56. The van der Waals surface area contributed by atoms with Gasteiger partial charge in [-0.1, -0.05) is 0 Å². The van der Waals surface area contributed by atoms with Crippen molar-refractivity contribution in [3.63, 3.8) is 0 Å². The molecule has 0 spiro atoms. The Bertz CT molecular complexity index is 316. The van der Waals surface area contributed by atoms with Gasteiger partial charge in [0.1, 0.15) is 6.67 Å². The summed E-state index contributed by atoms with van der Waals surface area (Å²) < 4.78 is 13.8. The van der Waals surface area contributed by atoms with Gasteiger partial charge in [-0.15, -0.1) is 0 Å². The van der Waals surface area contributed by atoms with Crippen LogP contribution in [0, 0.1) is 6.92 Å². The van der Waals surface area contributed by atoms with Gasteiger partial charge in [0.2, 0.25) is 0 Å². The molecule has 60 valence electrons. The van der Waals surface area contributed by atoms with E-state index in [-0.39, 0.29) is 5.43 Å². The van der Waals surface area contributed by atoms with Crippen molar-refractivity contribution in [2.24, 2.45) is 7.05 Å². The van der Waals surface area contributed by atoms with Crippen molar-refractivity contribution in [3.8, 4) is 0 Å². The van der Waals surface area contributed by atoms with Gasteiger partial charge >= 0.3 is 0 Å². The maximum Gasteiger partial charge on any atom is 0.184 e. The smallest absolute Gasteiger partial charge is 0.184 e.